The number of allylic oxidation sites excluding steroid dienone is 1. The van der Waals surface area contributed by atoms with Crippen molar-refractivity contribution in [1.82, 2.24) is 15.0 Å². The highest BCUT2D eigenvalue weighted by Crippen LogP contribution is 2.21. The Balaban J connectivity index is 1.68. The van der Waals surface area contributed by atoms with Crippen molar-refractivity contribution >= 4 is 16.7 Å². The molecule has 2 aromatic heterocycles. The van der Waals surface area contributed by atoms with Crippen molar-refractivity contribution in [3.8, 4) is 29.1 Å². The third-order valence-corrected chi connectivity index (χ3v) is 4.15. The van der Waals surface area contributed by atoms with Gasteiger partial charge in [0.25, 0.3) is 0 Å². The van der Waals surface area contributed by atoms with Crippen LogP contribution in [0, 0.1) is 22.7 Å². The van der Waals surface area contributed by atoms with Gasteiger partial charge in [-0.15, -0.1) is 5.10 Å². The average Bonchev–Trinajstić information content (AvgIpc) is 3.24. The van der Waals surface area contributed by atoms with Crippen LogP contribution in [0.5, 0.6) is 0 Å². The van der Waals surface area contributed by atoms with Gasteiger partial charge >= 0.3 is 5.63 Å². The first-order valence-corrected chi connectivity index (χ1v) is 8.51. The number of nitriles is 2. The molecule has 4 rings (SSSR count). The number of fused-ring (bicyclic) bond motifs is 1. The third-order valence-electron chi connectivity index (χ3n) is 4.15. The molecule has 0 radical (unpaired) electrons. The molecule has 8 nitrogen and oxygen atoms in total. The Kier molecular flexibility index (Phi) is 4.59. The summed E-state index contributed by atoms with van der Waals surface area (Å²) in [4.78, 5) is 12.5. The van der Waals surface area contributed by atoms with Gasteiger partial charge in [0.15, 0.2) is 5.69 Å². The second-order valence-corrected chi connectivity index (χ2v) is 6.01. The van der Waals surface area contributed by atoms with Crippen molar-refractivity contribution in [2.75, 3.05) is 5.32 Å². The first kappa shape index (κ1) is 17.7. The van der Waals surface area contributed by atoms with E-state index in [9.17, 15) is 4.79 Å². The molecule has 0 spiro atoms. The highest BCUT2D eigenvalue weighted by Gasteiger charge is 2.11. The molecule has 2 heterocycles. The molecular formula is C21H12N6O2. The van der Waals surface area contributed by atoms with Gasteiger partial charge in [0.05, 0.1) is 6.20 Å². The van der Waals surface area contributed by atoms with Gasteiger partial charge in [-0.2, -0.15) is 10.5 Å². The van der Waals surface area contributed by atoms with Crippen LogP contribution in [0.3, 0.4) is 0 Å². The molecule has 0 unspecified atom stereocenters. The Bertz CT molecular complexity index is 1350. The van der Waals surface area contributed by atoms with Crippen molar-refractivity contribution in [2.24, 2.45) is 0 Å². The molecule has 0 amide bonds. The molecule has 8 heteroatoms. The molecule has 0 fully saturated rings. The Morgan fingerprint density at radius 3 is 2.66 bits per heavy atom. The summed E-state index contributed by atoms with van der Waals surface area (Å²) in [5.41, 5.74) is 2.07. The van der Waals surface area contributed by atoms with Crippen LogP contribution >= 0.6 is 0 Å². The number of nitrogens with one attached hydrogen (secondary N) is 1. The lowest BCUT2D eigenvalue weighted by atomic mass is 10.2. The summed E-state index contributed by atoms with van der Waals surface area (Å²) in [6, 6.07) is 19.8. The summed E-state index contributed by atoms with van der Waals surface area (Å²) in [6.07, 6.45) is 2.95. The first-order chi connectivity index (χ1) is 14.2. The number of hydrogen-bond acceptors (Lipinski definition) is 7. The average molecular weight is 380 g/mol. The molecule has 0 saturated carbocycles. The third kappa shape index (κ3) is 3.59. The maximum Gasteiger partial charge on any atom is 0.362 e. The number of anilines is 1. The van der Waals surface area contributed by atoms with Crippen molar-refractivity contribution in [1.29, 1.82) is 10.5 Å². The molecule has 0 aliphatic rings. The van der Waals surface area contributed by atoms with Gasteiger partial charge in [0, 0.05) is 28.9 Å². The van der Waals surface area contributed by atoms with Crippen LogP contribution in [-0.2, 0) is 0 Å². The zero-order chi connectivity index (χ0) is 20.2. The Morgan fingerprint density at radius 2 is 1.90 bits per heavy atom. The minimum absolute atomic E-state index is 0.0673. The SMILES string of the molecule is N#CC(C#N)=CNc1ccc2cc(-n3cc(-c4ccccc4)nn3)c(=O)oc2c1. The fourth-order valence-electron chi connectivity index (χ4n) is 2.72. The van der Waals surface area contributed by atoms with Crippen LogP contribution in [0.1, 0.15) is 0 Å². The van der Waals surface area contributed by atoms with Gasteiger partial charge in [-0.1, -0.05) is 35.5 Å². The van der Waals surface area contributed by atoms with Crippen LogP contribution in [0.25, 0.3) is 27.9 Å². The topological polar surface area (TPSA) is 121 Å². The quantitative estimate of drug-likeness (QED) is 0.425. The van der Waals surface area contributed by atoms with E-state index in [1.165, 1.54) is 10.9 Å². The van der Waals surface area contributed by atoms with Gasteiger partial charge in [-0.3, -0.25) is 0 Å². The lowest BCUT2D eigenvalue weighted by Gasteiger charge is -2.04. The molecule has 0 atom stereocenters. The number of aromatic nitrogens is 3. The number of nitrogens with zero attached hydrogens (tertiary/aromatic N) is 5. The standard InChI is InChI=1S/C21H12N6O2/c22-10-14(11-23)12-24-17-7-6-16-8-19(21(28)29-20(16)9-17)27-13-18(25-26-27)15-4-2-1-3-5-15/h1-9,12-13,24H. The first-order valence-electron chi connectivity index (χ1n) is 8.51. The molecule has 4 aromatic rings. The normalized spacial score (nSPS) is 10.1. The van der Waals surface area contributed by atoms with Gasteiger partial charge < -0.3 is 9.73 Å². The summed E-state index contributed by atoms with van der Waals surface area (Å²) >= 11 is 0. The van der Waals surface area contributed by atoms with E-state index in [4.69, 9.17) is 14.9 Å². The monoisotopic (exact) mass is 380 g/mol. The van der Waals surface area contributed by atoms with E-state index >= 15 is 0 Å². The van der Waals surface area contributed by atoms with Crippen molar-refractivity contribution in [3.63, 3.8) is 0 Å². The van der Waals surface area contributed by atoms with Crippen LogP contribution < -0.4 is 10.9 Å². The van der Waals surface area contributed by atoms with Crippen LogP contribution in [0.15, 0.2) is 81.8 Å². The summed E-state index contributed by atoms with van der Waals surface area (Å²) in [5.74, 6) is 0. The highest BCUT2D eigenvalue weighted by molar-refractivity contribution is 5.82. The molecule has 0 saturated heterocycles. The molecule has 1 N–H and O–H groups in total. The molecule has 0 aliphatic heterocycles. The van der Waals surface area contributed by atoms with Crippen LogP contribution in [0.2, 0.25) is 0 Å². The molecule has 138 valence electrons. The van der Waals surface area contributed by atoms with Crippen LogP contribution in [0.4, 0.5) is 5.69 Å². The minimum atomic E-state index is -0.565. The lowest BCUT2D eigenvalue weighted by molar-refractivity contribution is 0.551. The Hall–Kier alpha value is -4.69. The van der Waals surface area contributed by atoms with Crippen molar-refractivity contribution in [3.05, 3.63) is 83.0 Å². The van der Waals surface area contributed by atoms with Gasteiger partial charge in [0.2, 0.25) is 0 Å². The highest BCUT2D eigenvalue weighted by atomic mass is 16.4. The van der Waals surface area contributed by atoms with Crippen LogP contribution in [-0.4, -0.2) is 15.0 Å². The minimum Gasteiger partial charge on any atom is -0.421 e. The fraction of sp³-hybridized carbons (Fsp3) is 0. The van der Waals surface area contributed by atoms with E-state index in [1.807, 2.05) is 30.3 Å². The zero-order valence-corrected chi connectivity index (χ0v) is 14.9. The van der Waals surface area contributed by atoms with E-state index in [0.717, 1.165) is 5.56 Å². The van der Waals surface area contributed by atoms with E-state index in [2.05, 4.69) is 15.6 Å². The maximum atomic E-state index is 12.5. The Morgan fingerprint density at radius 1 is 1.10 bits per heavy atom. The van der Waals surface area contributed by atoms with Gasteiger partial charge in [-0.25, -0.2) is 9.48 Å². The summed E-state index contributed by atoms with van der Waals surface area (Å²) in [7, 11) is 0. The van der Waals surface area contributed by atoms with Gasteiger partial charge in [0.1, 0.15) is 29.0 Å². The number of benzene rings is 2. The summed E-state index contributed by atoms with van der Waals surface area (Å²) in [6.45, 7) is 0. The second kappa shape index (κ2) is 7.51. The maximum absolute atomic E-state index is 12.5. The molecule has 0 aliphatic carbocycles. The molecule has 0 bridgehead atoms. The summed E-state index contributed by atoms with van der Waals surface area (Å²) in [5, 5.41) is 29.2. The van der Waals surface area contributed by atoms with E-state index in [0.29, 0.717) is 22.4 Å². The van der Waals surface area contributed by atoms with Crippen molar-refractivity contribution < 1.29 is 4.42 Å². The fourth-order valence-corrected chi connectivity index (χ4v) is 2.72. The van der Waals surface area contributed by atoms with Gasteiger partial charge in [-0.05, 0) is 18.2 Å². The lowest BCUT2D eigenvalue weighted by Crippen LogP contribution is -2.10. The van der Waals surface area contributed by atoms with E-state index in [-0.39, 0.29) is 11.3 Å². The Labute approximate surface area is 164 Å². The zero-order valence-electron chi connectivity index (χ0n) is 14.9. The summed E-state index contributed by atoms with van der Waals surface area (Å²) < 4.78 is 6.81. The number of rotatable bonds is 4. The second-order valence-electron chi connectivity index (χ2n) is 6.01. The van der Waals surface area contributed by atoms with E-state index < -0.39 is 5.63 Å². The predicted molar refractivity (Wildman–Crippen MR) is 106 cm³/mol. The number of hydrogen-bond donors (Lipinski definition) is 1. The van der Waals surface area contributed by atoms with Crippen molar-refractivity contribution in [2.45, 2.75) is 0 Å². The smallest absolute Gasteiger partial charge is 0.362 e. The molecular weight excluding hydrogens is 368 g/mol. The molecule has 2 aromatic carbocycles. The van der Waals surface area contributed by atoms with E-state index in [1.54, 1.807) is 42.6 Å². The largest absolute Gasteiger partial charge is 0.421 e. The molecule has 29 heavy (non-hydrogen) atoms. The predicted octanol–water partition coefficient (Wildman–Crippen LogP) is 3.38.